The summed E-state index contributed by atoms with van der Waals surface area (Å²) >= 11 is 0. The summed E-state index contributed by atoms with van der Waals surface area (Å²) in [5, 5.41) is 0. The van der Waals surface area contributed by atoms with Gasteiger partial charge in [0.2, 0.25) is 0 Å². The molecule has 168 valence electrons. The Hall–Kier alpha value is -1.39. The summed E-state index contributed by atoms with van der Waals surface area (Å²) in [6, 6.07) is 0. The van der Waals surface area contributed by atoms with Crippen LogP contribution in [0.3, 0.4) is 0 Å². The van der Waals surface area contributed by atoms with E-state index in [1.807, 2.05) is 0 Å². The highest BCUT2D eigenvalue weighted by atomic mass is 16.6. The van der Waals surface area contributed by atoms with Crippen LogP contribution in [-0.4, -0.2) is 23.5 Å². The molecule has 1 aliphatic heterocycles. The second kappa shape index (κ2) is 7.94. The maximum atomic E-state index is 12.9. The van der Waals surface area contributed by atoms with E-state index in [1.165, 1.54) is 25.7 Å². The number of fused-ring (bicyclic) bond motifs is 4. The fourth-order valence-corrected chi connectivity index (χ4v) is 7.20. The van der Waals surface area contributed by atoms with Gasteiger partial charge in [0.15, 0.2) is 0 Å². The minimum atomic E-state index is -0.396. The third-order valence-electron chi connectivity index (χ3n) is 9.72. The first-order valence-corrected chi connectivity index (χ1v) is 12.1. The van der Waals surface area contributed by atoms with Crippen molar-refractivity contribution in [1.29, 1.82) is 0 Å². The summed E-state index contributed by atoms with van der Waals surface area (Å²) in [6.07, 6.45) is 8.50. The molecule has 0 spiro atoms. The third-order valence-corrected chi connectivity index (χ3v) is 9.72. The fourth-order valence-electron chi connectivity index (χ4n) is 7.20. The van der Waals surface area contributed by atoms with Gasteiger partial charge in [0.1, 0.15) is 5.60 Å². The van der Waals surface area contributed by atoms with Crippen molar-refractivity contribution < 1.29 is 23.9 Å². The molecule has 10 unspecified atom stereocenters. The molecule has 4 bridgehead atoms. The van der Waals surface area contributed by atoms with Crippen LogP contribution in [0.1, 0.15) is 79.6 Å². The highest BCUT2D eigenvalue weighted by molar-refractivity contribution is 5.95. The van der Waals surface area contributed by atoms with Crippen molar-refractivity contribution in [3.05, 3.63) is 0 Å². The fraction of sp³-hybridized carbons (Fsp3) is 0.880. The Kier molecular flexibility index (Phi) is 5.78. The second-order valence-electron chi connectivity index (χ2n) is 11.0. The quantitative estimate of drug-likeness (QED) is 0.488. The van der Waals surface area contributed by atoms with E-state index in [2.05, 4.69) is 25.5 Å². The first-order valence-electron chi connectivity index (χ1n) is 12.1. The Labute approximate surface area is 180 Å². The molecule has 1 saturated heterocycles. The predicted molar refractivity (Wildman–Crippen MR) is 112 cm³/mol. The molecule has 4 aliphatic carbocycles. The molecule has 1 heterocycles. The molecule has 0 aromatic heterocycles. The number of carbonyl (C=O) groups is 3. The smallest absolute Gasteiger partial charge is 0.317 e. The van der Waals surface area contributed by atoms with E-state index in [9.17, 15) is 14.4 Å². The molecule has 0 aromatic carbocycles. The predicted octanol–water partition coefficient (Wildman–Crippen LogP) is 4.77. The topological polar surface area (TPSA) is 69.7 Å². The molecule has 4 saturated carbocycles. The van der Waals surface area contributed by atoms with Crippen LogP contribution in [0.15, 0.2) is 0 Å². The van der Waals surface area contributed by atoms with Crippen molar-refractivity contribution in [1.82, 2.24) is 0 Å². The number of hydrogen-bond acceptors (Lipinski definition) is 5. The van der Waals surface area contributed by atoms with Crippen molar-refractivity contribution in [2.45, 2.75) is 85.2 Å². The molecule has 5 heteroatoms. The normalized spacial score (nSPS) is 48.5. The van der Waals surface area contributed by atoms with Gasteiger partial charge >= 0.3 is 17.9 Å². The summed E-state index contributed by atoms with van der Waals surface area (Å²) in [5.41, 5.74) is -0.0866. The molecule has 0 amide bonds. The molecule has 30 heavy (non-hydrogen) atoms. The monoisotopic (exact) mass is 418 g/mol. The Morgan fingerprint density at radius 3 is 2.07 bits per heavy atom. The summed E-state index contributed by atoms with van der Waals surface area (Å²) in [5.74, 6) is 3.47. The number of hydrogen-bond donors (Lipinski definition) is 0. The van der Waals surface area contributed by atoms with E-state index >= 15 is 0 Å². The number of ether oxygens (including phenoxy) is 2. The van der Waals surface area contributed by atoms with Gasteiger partial charge < -0.3 is 9.47 Å². The van der Waals surface area contributed by atoms with E-state index in [-0.39, 0.29) is 29.3 Å². The van der Waals surface area contributed by atoms with Crippen molar-refractivity contribution in [3.8, 4) is 0 Å². The Morgan fingerprint density at radius 1 is 1.00 bits per heavy atom. The third kappa shape index (κ3) is 3.50. The van der Waals surface area contributed by atoms with Crippen molar-refractivity contribution in [2.24, 2.45) is 53.3 Å². The highest BCUT2D eigenvalue weighted by Crippen LogP contribution is 2.57. The van der Waals surface area contributed by atoms with Crippen molar-refractivity contribution in [3.63, 3.8) is 0 Å². The lowest BCUT2D eigenvalue weighted by molar-refractivity contribution is -0.174. The van der Waals surface area contributed by atoms with Crippen LogP contribution < -0.4 is 0 Å². The molecular weight excluding hydrogens is 380 g/mol. The Morgan fingerprint density at radius 2 is 1.67 bits per heavy atom. The largest absolute Gasteiger partial charge is 0.459 e. The number of rotatable bonds is 3. The van der Waals surface area contributed by atoms with E-state index in [0.29, 0.717) is 17.8 Å². The van der Waals surface area contributed by atoms with Gasteiger partial charge in [0.05, 0.1) is 17.8 Å². The van der Waals surface area contributed by atoms with Gasteiger partial charge in [-0.2, -0.15) is 0 Å². The van der Waals surface area contributed by atoms with E-state index < -0.39 is 11.9 Å². The van der Waals surface area contributed by atoms with Gasteiger partial charge in [-0.1, -0.05) is 34.6 Å². The maximum Gasteiger partial charge on any atom is 0.317 e. The number of esters is 3. The van der Waals surface area contributed by atoms with Gasteiger partial charge in [-0.05, 0) is 80.5 Å². The average Bonchev–Trinajstić information content (AvgIpc) is 3.52. The molecule has 5 nitrogen and oxygen atoms in total. The molecule has 5 fully saturated rings. The lowest BCUT2D eigenvalue weighted by Gasteiger charge is -2.39. The molecule has 5 aliphatic rings. The van der Waals surface area contributed by atoms with Crippen LogP contribution in [0.2, 0.25) is 0 Å². The average molecular weight is 419 g/mol. The van der Waals surface area contributed by atoms with E-state index in [4.69, 9.17) is 4.74 Å². The molecule has 0 radical (unpaired) electrons. The summed E-state index contributed by atoms with van der Waals surface area (Å²) in [6.45, 7) is 10.3. The molecule has 5 rings (SSSR count). The zero-order valence-corrected chi connectivity index (χ0v) is 19.2. The SMILES string of the molecule is CC1C(=O)OC(=O)C1C.CCC1(OC(=O)C2CC3CC2C(C)C3C)CC2CCC1C2. The van der Waals surface area contributed by atoms with E-state index in [1.54, 1.807) is 13.8 Å². The molecule has 10 atom stereocenters. The van der Waals surface area contributed by atoms with Crippen LogP contribution in [0.5, 0.6) is 0 Å². The minimum absolute atomic E-state index is 0.0866. The van der Waals surface area contributed by atoms with Gasteiger partial charge in [-0.15, -0.1) is 0 Å². The minimum Gasteiger partial charge on any atom is -0.459 e. The second-order valence-corrected chi connectivity index (χ2v) is 11.0. The zero-order chi connectivity index (χ0) is 21.8. The summed E-state index contributed by atoms with van der Waals surface area (Å²) in [7, 11) is 0. The van der Waals surface area contributed by atoms with Gasteiger partial charge in [0, 0.05) is 0 Å². The summed E-state index contributed by atoms with van der Waals surface area (Å²) in [4.78, 5) is 34.0. The maximum absolute atomic E-state index is 12.9. The number of carbonyl (C=O) groups excluding carboxylic acids is 3. The Balaban J connectivity index is 0.000000204. The van der Waals surface area contributed by atoms with Crippen LogP contribution in [0.25, 0.3) is 0 Å². The van der Waals surface area contributed by atoms with Crippen LogP contribution in [0, 0.1) is 53.3 Å². The Bertz CT molecular complexity index is 696. The lowest BCUT2D eigenvalue weighted by Crippen LogP contribution is -2.43. The highest BCUT2D eigenvalue weighted by Gasteiger charge is 2.56. The zero-order valence-electron chi connectivity index (χ0n) is 19.2. The summed E-state index contributed by atoms with van der Waals surface area (Å²) < 4.78 is 10.6. The van der Waals surface area contributed by atoms with Gasteiger partial charge in [0.25, 0.3) is 0 Å². The first kappa shape index (κ1) is 21.8. The van der Waals surface area contributed by atoms with Crippen molar-refractivity contribution in [2.75, 3.05) is 0 Å². The van der Waals surface area contributed by atoms with Crippen molar-refractivity contribution >= 4 is 17.9 Å². The standard InChI is InChI=1S/C19H30O2.C6H8O3/c1-4-19(10-13-5-6-15(19)7-13)21-18(20)17-9-14-8-16(17)12(3)11(14)2;1-3-4(2)6(8)9-5(3)7/h11-17H,4-10H2,1-3H3;3-4H,1-2H3. The van der Waals surface area contributed by atoms with E-state index in [0.717, 1.165) is 37.0 Å². The van der Waals surface area contributed by atoms with Crippen LogP contribution >= 0.6 is 0 Å². The lowest BCUT2D eigenvalue weighted by atomic mass is 9.75. The first-order chi connectivity index (χ1) is 14.2. The van der Waals surface area contributed by atoms with Gasteiger partial charge in [-0.3, -0.25) is 14.4 Å². The number of cyclic esters (lactones) is 2. The molecule has 0 N–H and O–H groups in total. The van der Waals surface area contributed by atoms with Gasteiger partial charge in [-0.25, -0.2) is 0 Å². The molecule has 0 aromatic rings. The van der Waals surface area contributed by atoms with Crippen LogP contribution in [-0.2, 0) is 23.9 Å². The van der Waals surface area contributed by atoms with Crippen LogP contribution in [0.4, 0.5) is 0 Å². The molecular formula is C25H38O5.